The van der Waals surface area contributed by atoms with Crippen molar-refractivity contribution in [2.75, 3.05) is 20.2 Å². The monoisotopic (exact) mass is 370 g/mol. The molecule has 2 N–H and O–H groups in total. The molecule has 0 spiro atoms. The Labute approximate surface area is 161 Å². The fourth-order valence-corrected chi connectivity index (χ4v) is 5.90. The molecule has 0 radical (unpaired) electrons. The van der Waals surface area contributed by atoms with Crippen LogP contribution >= 0.6 is 0 Å². The van der Waals surface area contributed by atoms with Crippen molar-refractivity contribution in [1.82, 2.24) is 4.90 Å². The lowest BCUT2D eigenvalue weighted by Crippen LogP contribution is -2.59. The molecule has 5 atom stereocenters. The molecule has 146 valence electrons. The standard InChI is InChI=1S/C22H30N2O3/c1-22-11-18(23)21(25)27-20(22)19-9-14-5-6-15(26-2)10-16(14)17(22)7-8-24(19)12-13-3-4-13/h5-6,10,13,17-20H,3-4,7-9,11-12,23H2,1-2H3/t17-,18?,19-,20?,22?/m1/s1. The van der Waals surface area contributed by atoms with Crippen LogP contribution < -0.4 is 10.5 Å². The van der Waals surface area contributed by atoms with Gasteiger partial charge in [-0.05, 0) is 73.7 Å². The van der Waals surface area contributed by atoms with Crippen molar-refractivity contribution in [2.45, 2.75) is 63.1 Å². The predicted octanol–water partition coefficient (Wildman–Crippen LogP) is 2.47. The molecule has 5 heteroatoms. The summed E-state index contributed by atoms with van der Waals surface area (Å²) in [7, 11) is 1.72. The Bertz CT molecular complexity index is 762. The highest BCUT2D eigenvalue weighted by molar-refractivity contribution is 5.77. The van der Waals surface area contributed by atoms with Crippen molar-refractivity contribution in [3.8, 4) is 5.75 Å². The normalized spacial score (nSPS) is 38.4. The van der Waals surface area contributed by atoms with Gasteiger partial charge in [-0.1, -0.05) is 13.0 Å². The van der Waals surface area contributed by atoms with Crippen LogP contribution in [0.2, 0.25) is 0 Å². The number of esters is 1. The molecule has 2 bridgehead atoms. The van der Waals surface area contributed by atoms with Crippen LogP contribution in [0.4, 0.5) is 0 Å². The summed E-state index contributed by atoms with van der Waals surface area (Å²) in [5.41, 5.74) is 8.82. The Balaban J connectivity index is 1.62. The molecule has 2 saturated heterocycles. The summed E-state index contributed by atoms with van der Waals surface area (Å²) in [4.78, 5) is 15.0. The number of nitrogens with two attached hydrogens (primary N) is 1. The van der Waals surface area contributed by atoms with Gasteiger partial charge in [0.25, 0.3) is 0 Å². The zero-order valence-corrected chi connectivity index (χ0v) is 16.3. The van der Waals surface area contributed by atoms with E-state index in [1.165, 1.54) is 24.0 Å². The first-order valence-corrected chi connectivity index (χ1v) is 10.4. The van der Waals surface area contributed by atoms with Crippen LogP contribution in [0.15, 0.2) is 18.2 Å². The molecule has 1 aromatic carbocycles. The van der Waals surface area contributed by atoms with Crippen molar-refractivity contribution in [1.29, 1.82) is 0 Å². The van der Waals surface area contributed by atoms with Gasteiger partial charge in [0.1, 0.15) is 17.9 Å². The summed E-state index contributed by atoms with van der Waals surface area (Å²) in [5, 5.41) is 0. The van der Waals surface area contributed by atoms with Gasteiger partial charge < -0.3 is 15.2 Å². The number of fused-ring (bicyclic) bond motifs is 2. The molecular formula is C22H30N2O3. The lowest BCUT2D eigenvalue weighted by Gasteiger charge is -2.48. The van der Waals surface area contributed by atoms with E-state index in [1.807, 2.05) is 0 Å². The van der Waals surface area contributed by atoms with E-state index in [4.69, 9.17) is 15.2 Å². The van der Waals surface area contributed by atoms with Gasteiger partial charge in [-0.15, -0.1) is 0 Å². The van der Waals surface area contributed by atoms with Gasteiger partial charge in [-0.25, -0.2) is 0 Å². The molecule has 3 unspecified atom stereocenters. The first-order chi connectivity index (χ1) is 13.0. The van der Waals surface area contributed by atoms with E-state index in [-0.39, 0.29) is 23.5 Å². The van der Waals surface area contributed by atoms with Gasteiger partial charge in [-0.3, -0.25) is 9.69 Å². The zero-order valence-electron chi connectivity index (χ0n) is 16.3. The molecule has 2 aliphatic heterocycles. The molecule has 5 rings (SSSR count). The van der Waals surface area contributed by atoms with Crippen molar-refractivity contribution in [3.05, 3.63) is 29.3 Å². The van der Waals surface area contributed by atoms with Crippen LogP contribution in [0.3, 0.4) is 0 Å². The molecule has 3 fully saturated rings. The topological polar surface area (TPSA) is 64.8 Å². The summed E-state index contributed by atoms with van der Waals surface area (Å²) in [6.45, 7) is 4.51. The lowest BCUT2D eigenvalue weighted by atomic mass is 9.64. The summed E-state index contributed by atoms with van der Waals surface area (Å²) in [6, 6.07) is 6.22. The van der Waals surface area contributed by atoms with E-state index in [9.17, 15) is 4.79 Å². The van der Waals surface area contributed by atoms with Crippen LogP contribution in [0.1, 0.15) is 49.7 Å². The van der Waals surface area contributed by atoms with Crippen molar-refractivity contribution in [3.63, 3.8) is 0 Å². The molecule has 2 aliphatic carbocycles. The first-order valence-electron chi connectivity index (χ1n) is 10.4. The minimum atomic E-state index is -0.517. The molecule has 4 aliphatic rings. The third kappa shape index (κ3) is 2.78. The van der Waals surface area contributed by atoms with E-state index in [1.54, 1.807) is 7.11 Å². The number of benzene rings is 1. The smallest absolute Gasteiger partial charge is 0.323 e. The molecule has 0 aromatic heterocycles. The molecule has 2 heterocycles. The first kappa shape index (κ1) is 17.5. The quantitative estimate of drug-likeness (QED) is 0.828. The van der Waals surface area contributed by atoms with E-state index in [2.05, 4.69) is 30.0 Å². The van der Waals surface area contributed by atoms with Crippen molar-refractivity contribution >= 4 is 5.97 Å². The number of ether oxygens (including phenoxy) is 2. The Hall–Kier alpha value is -1.59. The maximum Gasteiger partial charge on any atom is 0.323 e. The van der Waals surface area contributed by atoms with Gasteiger partial charge in [0, 0.05) is 12.0 Å². The van der Waals surface area contributed by atoms with Crippen molar-refractivity contribution in [2.24, 2.45) is 17.1 Å². The SMILES string of the molecule is COc1ccc2c(c1)[C@H]1CCN(CC3CC3)[C@H](C2)C2OC(=O)C(N)CC21C. The molecular weight excluding hydrogens is 340 g/mol. The molecule has 5 nitrogen and oxygen atoms in total. The minimum Gasteiger partial charge on any atom is -0.497 e. The predicted molar refractivity (Wildman–Crippen MR) is 103 cm³/mol. The van der Waals surface area contributed by atoms with Gasteiger partial charge >= 0.3 is 5.97 Å². The maximum atomic E-state index is 12.4. The van der Waals surface area contributed by atoms with Gasteiger partial charge in [-0.2, -0.15) is 0 Å². The van der Waals surface area contributed by atoms with Crippen LogP contribution in [0.5, 0.6) is 5.75 Å². The molecule has 1 aromatic rings. The number of nitrogens with zero attached hydrogens (tertiary/aromatic N) is 1. The number of carbonyl (C=O) groups is 1. The average molecular weight is 370 g/mol. The van der Waals surface area contributed by atoms with Gasteiger partial charge in [0.2, 0.25) is 0 Å². The van der Waals surface area contributed by atoms with E-state index >= 15 is 0 Å². The summed E-state index contributed by atoms with van der Waals surface area (Å²) in [5.74, 6) is 1.84. The summed E-state index contributed by atoms with van der Waals surface area (Å²) in [6.07, 6.45) is 5.31. The summed E-state index contributed by atoms with van der Waals surface area (Å²) >= 11 is 0. The Kier molecular flexibility index (Phi) is 4.03. The maximum absolute atomic E-state index is 12.4. The largest absolute Gasteiger partial charge is 0.497 e. The number of carbonyl (C=O) groups excluding carboxylic acids is 1. The van der Waals surface area contributed by atoms with E-state index in [0.717, 1.165) is 37.6 Å². The van der Waals surface area contributed by atoms with E-state index in [0.29, 0.717) is 12.3 Å². The second-order valence-corrected chi connectivity index (χ2v) is 9.29. The van der Waals surface area contributed by atoms with Crippen LogP contribution in [0, 0.1) is 11.3 Å². The minimum absolute atomic E-state index is 0.0885. The highest BCUT2D eigenvalue weighted by Crippen LogP contribution is 2.55. The van der Waals surface area contributed by atoms with Crippen LogP contribution in [-0.2, 0) is 16.0 Å². The second-order valence-electron chi connectivity index (χ2n) is 9.29. The number of rotatable bonds is 3. The fourth-order valence-electron chi connectivity index (χ4n) is 5.90. The van der Waals surface area contributed by atoms with Gasteiger partial charge in [0.15, 0.2) is 0 Å². The number of methoxy groups -OCH3 is 1. The molecule has 1 saturated carbocycles. The van der Waals surface area contributed by atoms with E-state index < -0.39 is 6.04 Å². The number of likely N-dealkylation sites (tertiary alicyclic amines) is 1. The number of hydrogen-bond donors (Lipinski definition) is 1. The van der Waals surface area contributed by atoms with Crippen LogP contribution in [-0.4, -0.2) is 49.3 Å². The lowest BCUT2D eigenvalue weighted by molar-refractivity contribution is -0.175. The Morgan fingerprint density at radius 2 is 2.15 bits per heavy atom. The van der Waals surface area contributed by atoms with Crippen LogP contribution in [0.25, 0.3) is 0 Å². The third-order valence-electron chi connectivity index (χ3n) is 7.52. The van der Waals surface area contributed by atoms with Crippen molar-refractivity contribution < 1.29 is 14.3 Å². The average Bonchev–Trinajstić information content (AvgIpc) is 3.46. The number of hydrogen-bond acceptors (Lipinski definition) is 5. The van der Waals surface area contributed by atoms with Gasteiger partial charge in [0.05, 0.1) is 13.2 Å². The fraction of sp³-hybridized carbons (Fsp3) is 0.682. The Morgan fingerprint density at radius 3 is 2.89 bits per heavy atom. The molecule has 27 heavy (non-hydrogen) atoms. The highest BCUT2D eigenvalue weighted by Gasteiger charge is 2.57. The summed E-state index contributed by atoms with van der Waals surface area (Å²) < 4.78 is 11.6. The highest BCUT2D eigenvalue weighted by atomic mass is 16.5. The third-order valence-corrected chi connectivity index (χ3v) is 7.52. The Morgan fingerprint density at radius 1 is 1.33 bits per heavy atom. The second kappa shape index (κ2) is 6.21. The molecule has 0 amide bonds. The zero-order chi connectivity index (χ0) is 18.8.